The third-order valence-corrected chi connectivity index (χ3v) is 6.77. The molecule has 0 amide bonds. The van der Waals surface area contributed by atoms with E-state index in [0.717, 1.165) is 5.92 Å². The van der Waals surface area contributed by atoms with Crippen LogP contribution in [0.3, 0.4) is 0 Å². The van der Waals surface area contributed by atoms with Crippen molar-refractivity contribution in [1.82, 2.24) is 0 Å². The molecule has 0 aromatic rings. The molecule has 0 aliphatic heterocycles. The highest BCUT2D eigenvalue weighted by Gasteiger charge is 2.24. The lowest BCUT2D eigenvalue weighted by Gasteiger charge is -2.32. The van der Waals surface area contributed by atoms with Gasteiger partial charge in [-0.25, -0.2) is 0 Å². The SMILES string of the molecule is CCCCCCCCCCC1C[C](C)C1.CCCCCCCCCCCC[C](C)C. The molecule has 0 nitrogen and oxygen atoms in total. The maximum absolute atomic E-state index is 2.31. The van der Waals surface area contributed by atoms with E-state index >= 15 is 0 Å². The van der Waals surface area contributed by atoms with Gasteiger partial charge >= 0.3 is 0 Å². The van der Waals surface area contributed by atoms with Crippen molar-refractivity contribution in [2.24, 2.45) is 5.92 Å². The molecule has 2 radical (unpaired) electrons. The van der Waals surface area contributed by atoms with Crippen LogP contribution in [0.4, 0.5) is 0 Å². The molecule has 180 valence electrons. The van der Waals surface area contributed by atoms with Gasteiger partial charge in [-0.2, -0.15) is 0 Å². The molecule has 0 saturated heterocycles. The molecule has 0 atom stereocenters. The van der Waals surface area contributed by atoms with E-state index in [-0.39, 0.29) is 0 Å². The van der Waals surface area contributed by atoms with E-state index in [9.17, 15) is 0 Å². The van der Waals surface area contributed by atoms with Gasteiger partial charge in [0.2, 0.25) is 0 Å². The number of hydrogen-bond acceptors (Lipinski definition) is 0. The lowest BCUT2D eigenvalue weighted by Crippen LogP contribution is -2.18. The fourth-order valence-corrected chi connectivity index (χ4v) is 4.66. The van der Waals surface area contributed by atoms with Gasteiger partial charge in [0.1, 0.15) is 0 Å². The van der Waals surface area contributed by atoms with Gasteiger partial charge in [0.05, 0.1) is 0 Å². The van der Waals surface area contributed by atoms with Gasteiger partial charge in [0.25, 0.3) is 0 Å². The summed E-state index contributed by atoms with van der Waals surface area (Å²) < 4.78 is 0. The molecule has 0 heteroatoms. The third kappa shape index (κ3) is 22.7. The summed E-state index contributed by atoms with van der Waals surface area (Å²) in [5, 5.41) is 0. The van der Waals surface area contributed by atoms with Crippen LogP contribution in [0, 0.1) is 17.8 Å². The summed E-state index contributed by atoms with van der Waals surface area (Å²) in [7, 11) is 0. The molecule has 1 fully saturated rings. The maximum Gasteiger partial charge on any atom is -0.0266 e. The summed E-state index contributed by atoms with van der Waals surface area (Å²) in [5.74, 6) is 4.40. The van der Waals surface area contributed by atoms with Crippen LogP contribution >= 0.6 is 0 Å². The molecule has 0 heterocycles. The Hall–Kier alpha value is 0. The molecule has 0 unspecified atom stereocenters. The molecule has 1 aliphatic carbocycles. The summed E-state index contributed by atoms with van der Waals surface area (Å²) in [6, 6.07) is 0. The summed E-state index contributed by atoms with van der Waals surface area (Å²) in [6.45, 7) is 11.4. The van der Waals surface area contributed by atoms with E-state index in [1.807, 2.05) is 0 Å². The Morgan fingerprint density at radius 3 is 1.30 bits per heavy atom. The van der Waals surface area contributed by atoms with Crippen LogP contribution < -0.4 is 0 Å². The van der Waals surface area contributed by atoms with E-state index in [4.69, 9.17) is 0 Å². The molecule has 0 spiro atoms. The molecular weight excluding hydrogens is 360 g/mol. The Morgan fingerprint density at radius 1 is 0.567 bits per heavy atom. The smallest absolute Gasteiger partial charge is 0.0266 e. The first-order chi connectivity index (χ1) is 14.6. The zero-order valence-electron chi connectivity index (χ0n) is 22.1. The molecule has 1 saturated carbocycles. The van der Waals surface area contributed by atoms with E-state index < -0.39 is 0 Å². The van der Waals surface area contributed by atoms with Crippen LogP contribution in [0.1, 0.15) is 176 Å². The van der Waals surface area contributed by atoms with Crippen LogP contribution in [0.2, 0.25) is 0 Å². The van der Waals surface area contributed by atoms with E-state index in [0.29, 0.717) is 0 Å². The quantitative estimate of drug-likeness (QED) is 0.172. The first-order valence-corrected chi connectivity index (χ1v) is 14.2. The summed E-state index contributed by atoms with van der Waals surface area (Å²) in [5.41, 5.74) is 0. The molecule has 30 heavy (non-hydrogen) atoms. The lowest BCUT2D eigenvalue weighted by atomic mass is 9.74. The highest BCUT2D eigenvalue weighted by Crippen LogP contribution is 2.38. The van der Waals surface area contributed by atoms with Gasteiger partial charge < -0.3 is 0 Å². The standard InChI is InChI=1S/C15H29.C15H31/c1-3-4-5-6-7-8-9-10-11-15-12-14(2)13-15;1-4-5-6-7-8-9-10-11-12-13-14-15(2)3/h15H,3-13H2,1-2H3;4-14H2,1-3H3. The fraction of sp³-hybridized carbons (Fsp3) is 0.933. The summed E-state index contributed by atoms with van der Waals surface area (Å²) >= 11 is 0. The first-order valence-electron chi connectivity index (χ1n) is 14.2. The second-order valence-electron chi connectivity index (χ2n) is 10.6. The van der Waals surface area contributed by atoms with Crippen molar-refractivity contribution in [3.8, 4) is 0 Å². The largest absolute Gasteiger partial charge is 0.0654 e. The molecule has 0 bridgehead atoms. The van der Waals surface area contributed by atoms with Crippen molar-refractivity contribution in [2.75, 3.05) is 0 Å². The molecule has 1 rings (SSSR count). The Kier molecular flexibility index (Phi) is 23.7. The van der Waals surface area contributed by atoms with Crippen LogP contribution in [-0.4, -0.2) is 0 Å². The molecule has 0 aromatic heterocycles. The van der Waals surface area contributed by atoms with Crippen LogP contribution in [-0.2, 0) is 0 Å². The fourth-order valence-electron chi connectivity index (χ4n) is 4.66. The predicted octanol–water partition coefficient (Wildman–Crippen LogP) is 11.4. The topological polar surface area (TPSA) is 0 Å². The zero-order valence-corrected chi connectivity index (χ0v) is 22.1. The van der Waals surface area contributed by atoms with Gasteiger partial charge in [-0.3, -0.25) is 0 Å². The van der Waals surface area contributed by atoms with Crippen molar-refractivity contribution in [1.29, 1.82) is 0 Å². The van der Waals surface area contributed by atoms with Crippen molar-refractivity contribution in [2.45, 2.75) is 176 Å². The maximum atomic E-state index is 2.31. The van der Waals surface area contributed by atoms with Crippen molar-refractivity contribution in [3.63, 3.8) is 0 Å². The monoisotopic (exact) mass is 420 g/mol. The minimum atomic E-state index is 1.07. The number of hydrogen-bond donors (Lipinski definition) is 0. The Bertz CT molecular complexity index is 295. The molecule has 1 aliphatic rings. The van der Waals surface area contributed by atoms with Gasteiger partial charge in [-0.15, -0.1) is 0 Å². The van der Waals surface area contributed by atoms with Crippen LogP contribution in [0.15, 0.2) is 0 Å². The molecule has 0 N–H and O–H groups in total. The predicted molar refractivity (Wildman–Crippen MR) is 140 cm³/mol. The first kappa shape index (κ1) is 30.0. The highest BCUT2D eigenvalue weighted by molar-refractivity contribution is 4.98. The zero-order chi connectivity index (χ0) is 22.3. The Labute approximate surface area is 193 Å². The Morgan fingerprint density at radius 2 is 0.933 bits per heavy atom. The average Bonchev–Trinajstić information content (AvgIpc) is 2.70. The van der Waals surface area contributed by atoms with E-state index in [1.54, 1.807) is 11.8 Å². The van der Waals surface area contributed by atoms with Gasteiger partial charge in [-0.05, 0) is 37.0 Å². The summed E-state index contributed by atoms with van der Waals surface area (Å²) in [4.78, 5) is 0. The van der Waals surface area contributed by atoms with Gasteiger partial charge in [0, 0.05) is 0 Å². The van der Waals surface area contributed by atoms with Gasteiger partial charge in [-0.1, -0.05) is 157 Å². The van der Waals surface area contributed by atoms with E-state index in [2.05, 4.69) is 34.6 Å². The third-order valence-electron chi connectivity index (χ3n) is 6.77. The lowest BCUT2D eigenvalue weighted by molar-refractivity contribution is 0.322. The minimum Gasteiger partial charge on any atom is -0.0654 e. The number of unbranched alkanes of at least 4 members (excludes halogenated alkanes) is 16. The summed E-state index contributed by atoms with van der Waals surface area (Å²) in [6.07, 6.45) is 31.9. The van der Waals surface area contributed by atoms with Crippen molar-refractivity contribution >= 4 is 0 Å². The van der Waals surface area contributed by atoms with Crippen molar-refractivity contribution < 1.29 is 0 Å². The second kappa shape index (κ2) is 23.7. The highest BCUT2D eigenvalue weighted by atomic mass is 14.3. The van der Waals surface area contributed by atoms with Crippen LogP contribution in [0.5, 0.6) is 0 Å². The van der Waals surface area contributed by atoms with Gasteiger partial charge in [0.15, 0.2) is 0 Å². The van der Waals surface area contributed by atoms with Crippen LogP contribution in [0.25, 0.3) is 0 Å². The molecule has 0 aromatic carbocycles. The second-order valence-corrected chi connectivity index (χ2v) is 10.6. The average molecular weight is 421 g/mol. The molecular formula is C30H60. The Balaban J connectivity index is 0.000000561. The normalized spacial score (nSPS) is 14.6. The van der Waals surface area contributed by atoms with Crippen molar-refractivity contribution in [3.05, 3.63) is 11.8 Å². The number of rotatable bonds is 20. The van der Waals surface area contributed by atoms with E-state index in [1.165, 1.54) is 141 Å². The minimum absolute atomic E-state index is 1.07.